The minimum atomic E-state index is -1.27. The molecule has 1 atom stereocenters. The Hall–Kier alpha value is -1.33. The number of hydrogen-bond acceptors (Lipinski definition) is 3. The highest BCUT2D eigenvalue weighted by atomic mass is 32.2. The largest absolute Gasteiger partial charge is 0.591 e. The van der Waals surface area contributed by atoms with Gasteiger partial charge in [0, 0.05) is 6.42 Å². The minimum Gasteiger partial charge on any atom is -0.591 e. The molecule has 3 nitrogen and oxygen atoms in total. The zero-order valence-electron chi connectivity index (χ0n) is 12.1. The SMILES string of the molecule is C=CCOc1cc(CC=N[S@@+]([O-])C(C)(C)C)ccc1F. The van der Waals surface area contributed by atoms with E-state index in [9.17, 15) is 8.94 Å². The average molecular weight is 297 g/mol. The Morgan fingerprint density at radius 1 is 1.45 bits per heavy atom. The van der Waals surface area contributed by atoms with Crippen LogP contribution < -0.4 is 4.74 Å². The number of halogens is 1. The van der Waals surface area contributed by atoms with Crippen molar-refractivity contribution in [2.45, 2.75) is 31.9 Å². The first kappa shape index (κ1) is 16.7. The Balaban J connectivity index is 2.69. The Morgan fingerprint density at radius 3 is 2.75 bits per heavy atom. The second-order valence-electron chi connectivity index (χ2n) is 5.22. The standard InChI is InChI=1S/C15H20FNO2S/c1-5-10-19-14-11-12(6-7-13(14)16)8-9-17-20(18)15(2,3)4/h5-7,9,11H,1,8,10H2,2-4H3/t20-/m0/s1. The molecule has 110 valence electrons. The van der Waals surface area contributed by atoms with Crippen LogP contribution >= 0.6 is 0 Å². The molecule has 1 rings (SSSR count). The van der Waals surface area contributed by atoms with Gasteiger partial charge in [-0.2, -0.15) is 0 Å². The van der Waals surface area contributed by atoms with Crippen molar-refractivity contribution in [2.75, 3.05) is 6.61 Å². The molecule has 0 radical (unpaired) electrons. The van der Waals surface area contributed by atoms with Crippen molar-refractivity contribution in [3.63, 3.8) is 0 Å². The minimum absolute atomic E-state index is 0.188. The van der Waals surface area contributed by atoms with E-state index in [0.29, 0.717) is 6.42 Å². The van der Waals surface area contributed by atoms with Gasteiger partial charge in [-0.1, -0.05) is 23.1 Å². The monoisotopic (exact) mass is 297 g/mol. The van der Waals surface area contributed by atoms with Gasteiger partial charge in [0.2, 0.25) is 0 Å². The van der Waals surface area contributed by atoms with Gasteiger partial charge in [-0.15, -0.1) is 0 Å². The molecule has 0 fully saturated rings. The van der Waals surface area contributed by atoms with Crippen LogP contribution in [-0.4, -0.2) is 22.1 Å². The molecule has 0 bridgehead atoms. The quantitative estimate of drug-likeness (QED) is 0.458. The van der Waals surface area contributed by atoms with Crippen LogP contribution in [0.3, 0.4) is 0 Å². The van der Waals surface area contributed by atoms with Crippen molar-refractivity contribution in [3.05, 3.63) is 42.2 Å². The van der Waals surface area contributed by atoms with E-state index in [1.807, 2.05) is 20.8 Å². The summed E-state index contributed by atoms with van der Waals surface area (Å²) in [5.74, 6) is -0.224. The molecule has 0 aliphatic rings. The van der Waals surface area contributed by atoms with Gasteiger partial charge >= 0.3 is 0 Å². The normalized spacial score (nSPS) is 13.4. The number of benzene rings is 1. The maximum Gasteiger partial charge on any atom is 0.165 e. The van der Waals surface area contributed by atoms with Crippen LogP contribution in [0, 0.1) is 5.82 Å². The Labute approximate surface area is 122 Å². The van der Waals surface area contributed by atoms with Gasteiger partial charge in [0.15, 0.2) is 11.6 Å². The van der Waals surface area contributed by atoms with E-state index in [0.717, 1.165) is 5.56 Å². The first-order chi connectivity index (χ1) is 9.34. The van der Waals surface area contributed by atoms with Crippen LogP contribution in [0.2, 0.25) is 0 Å². The molecule has 0 aromatic heterocycles. The summed E-state index contributed by atoms with van der Waals surface area (Å²) >= 11 is -1.27. The molecular weight excluding hydrogens is 277 g/mol. The maximum absolute atomic E-state index is 13.5. The second-order valence-corrected chi connectivity index (χ2v) is 7.15. The summed E-state index contributed by atoms with van der Waals surface area (Å²) in [4.78, 5) is 0. The van der Waals surface area contributed by atoms with Gasteiger partial charge in [-0.25, -0.2) is 4.39 Å². The van der Waals surface area contributed by atoms with Crippen LogP contribution in [0.4, 0.5) is 4.39 Å². The van der Waals surface area contributed by atoms with Crippen LogP contribution in [0.1, 0.15) is 26.3 Å². The van der Waals surface area contributed by atoms with Gasteiger partial charge in [0.25, 0.3) is 0 Å². The summed E-state index contributed by atoms with van der Waals surface area (Å²) < 4.78 is 34.0. The van der Waals surface area contributed by atoms with Crippen LogP contribution in [0.5, 0.6) is 5.75 Å². The highest BCUT2D eigenvalue weighted by molar-refractivity contribution is 7.91. The molecule has 0 aliphatic carbocycles. The first-order valence-corrected chi connectivity index (χ1v) is 7.42. The third-order valence-corrected chi connectivity index (χ3v) is 3.76. The van der Waals surface area contributed by atoms with Crippen LogP contribution in [-0.2, 0) is 17.8 Å². The Morgan fingerprint density at radius 2 is 2.15 bits per heavy atom. The zero-order valence-corrected chi connectivity index (χ0v) is 12.9. The molecule has 0 aliphatic heterocycles. The second kappa shape index (κ2) is 7.45. The summed E-state index contributed by atoms with van der Waals surface area (Å²) in [5, 5.41) is 0. The van der Waals surface area contributed by atoms with E-state index < -0.39 is 17.2 Å². The van der Waals surface area contributed by atoms with Crippen molar-refractivity contribution in [1.29, 1.82) is 0 Å². The molecule has 1 aromatic carbocycles. The van der Waals surface area contributed by atoms with Crippen LogP contribution in [0.25, 0.3) is 0 Å². The van der Waals surface area contributed by atoms with Crippen molar-refractivity contribution in [1.82, 2.24) is 0 Å². The summed E-state index contributed by atoms with van der Waals surface area (Å²) in [7, 11) is 0. The van der Waals surface area contributed by atoms with E-state index in [1.165, 1.54) is 6.07 Å². The lowest BCUT2D eigenvalue weighted by atomic mass is 10.1. The third-order valence-electron chi connectivity index (χ3n) is 2.37. The predicted molar refractivity (Wildman–Crippen MR) is 82.2 cm³/mol. The summed E-state index contributed by atoms with van der Waals surface area (Å²) in [5.41, 5.74) is 0.847. The first-order valence-electron chi connectivity index (χ1n) is 6.31. The molecule has 20 heavy (non-hydrogen) atoms. The van der Waals surface area contributed by atoms with Crippen molar-refractivity contribution >= 4 is 17.6 Å². The predicted octanol–water partition coefficient (Wildman–Crippen LogP) is 3.47. The molecule has 0 saturated heterocycles. The van der Waals surface area contributed by atoms with Crippen molar-refractivity contribution in [2.24, 2.45) is 4.40 Å². The number of ether oxygens (including phenoxy) is 1. The molecule has 0 unspecified atom stereocenters. The number of nitrogens with zero attached hydrogens (tertiary/aromatic N) is 1. The Kier molecular flexibility index (Phi) is 6.23. The van der Waals surface area contributed by atoms with Gasteiger partial charge < -0.3 is 9.29 Å². The molecular formula is C15H20FNO2S. The van der Waals surface area contributed by atoms with Gasteiger partial charge in [-0.05, 0) is 38.5 Å². The molecule has 5 heteroatoms. The average Bonchev–Trinajstić information content (AvgIpc) is 2.37. The molecule has 0 amide bonds. The summed E-state index contributed by atoms with van der Waals surface area (Å²) in [6.45, 7) is 9.35. The number of rotatable bonds is 6. The lowest BCUT2D eigenvalue weighted by Crippen LogP contribution is -2.25. The zero-order chi connectivity index (χ0) is 15.2. The summed E-state index contributed by atoms with van der Waals surface area (Å²) in [6.07, 6.45) is 3.62. The smallest absolute Gasteiger partial charge is 0.165 e. The molecule has 0 spiro atoms. The third kappa shape index (κ3) is 5.35. The molecule has 1 aromatic rings. The van der Waals surface area contributed by atoms with Gasteiger partial charge in [-0.3, -0.25) is 0 Å². The lowest BCUT2D eigenvalue weighted by Gasteiger charge is -2.17. The Bertz CT molecular complexity index is 483. The van der Waals surface area contributed by atoms with Gasteiger partial charge in [0.05, 0.1) is 6.21 Å². The van der Waals surface area contributed by atoms with E-state index in [4.69, 9.17) is 4.74 Å². The van der Waals surface area contributed by atoms with Crippen molar-refractivity contribution < 1.29 is 13.7 Å². The fraction of sp³-hybridized carbons (Fsp3) is 0.400. The van der Waals surface area contributed by atoms with E-state index >= 15 is 0 Å². The fourth-order valence-corrected chi connectivity index (χ4v) is 1.83. The molecule has 0 heterocycles. The number of hydrogen-bond donors (Lipinski definition) is 0. The highest BCUT2D eigenvalue weighted by Gasteiger charge is 2.25. The highest BCUT2D eigenvalue weighted by Crippen LogP contribution is 2.20. The van der Waals surface area contributed by atoms with E-state index in [1.54, 1.807) is 24.4 Å². The lowest BCUT2D eigenvalue weighted by molar-refractivity contribution is 0.341. The van der Waals surface area contributed by atoms with Gasteiger partial charge in [0.1, 0.15) is 22.7 Å². The molecule has 0 saturated carbocycles. The van der Waals surface area contributed by atoms with Crippen molar-refractivity contribution in [3.8, 4) is 5.75 Å². The maximum atomic E-state index is 13.5. The molecule has 0 N–H and O–H groups in total. The van der Waals surface area contributed by atoms with E-state index in [2.05, 4.69) is 11.0 Å². The summed E-state index contributed by atoms with van der Waals surface area (Å²) in [6, 6.07) is 4.62. The topological polar surface area (TPSA) is 44.6 Å². The fourth-order valence-electron chi connectivity index (χ4n) is 1.30. The van der Waals surface area contributed by atoms with E-state index in [-0.39, 0.29) is 17.1 Å². The van der Waals surface area contributed by atoms with Crippen LogP contribution in [0.15, 0.2) is 35.3 Å².